The predicted molar refractivity (Wildman–Crippen MR) is 201 cm³/mol. The number of hydrogen-bond acceptors (Lipinski definition) is 5. The summed E-state index contributed by atoms with van der Waals surface area (Å²) in [5.41, 5.74) is 8.51. The Bertz CT molecular complexity index is 2750. The summed E-state index contributed by atoms with van der Waals surface area (Å²) in [6.07, 6.45) is 6.51. The standard InChI is InChI=1S/C44H24N6O2/c1-46-38-21-23-48-26-37(38)34-13-6-11-32-31-10-5-12-33(36-25-47-22-20-29(36)24-45)41(31)50(42(32)34)39-15-7-14-35-40(39)44(52)49(43(35)51)30-18-16-28(17-19-30)27-8-3-2-4-9-27/h2-23,25-26H. The molecule has 8 aromatic rings. The van der Waals surface area contributed by atoms with Gasteiger partial charge in [0, 0.05) is 52.3 Å². The van der Waals surface area contributed by atoms with Gasteiger partial charge < -0.3 is 4.57 Å². The minimum Gasteiger partial charge on any atom is -0.307 e. The van der Waals surface area contributed by atoms with E-state index in [9.17, 15) is 14.9 Å². The number of pyridine rings is 2. The number of nitriles is 1. The highest BCUT2D eigenvalue weighted by Crippen LogP contribution is 2.45. The topological polar surface area (TPSA) is 96.2 Å². The van der Waals surface area contributed by atoms with Crippen molar-refractivity contribution in [2.24, 2.45) is 0 Å². The van der Waals surface area contributed by atoms with E-state index in [1.54, 1.807) is 61.2 Å². The van der Waals surface area contributed by atoms with Gasteiger partial charge in [-0.3, -0.25) is 19.6 Å². The quantitative estimate of drug-likeness (QED) is 0.134. The van der Waals surface area contributed by atoms with Gasteiger partial charge in [0.2, 0.25) is 0 Å². The van der Waals surface area contributed by atoms with E-state index in [0.29, 0.717) is 33.8 Å². The second-order valence-electron chi connectivity index (χ2n) is 12.3. The van der Waals surface area contributed by atoms with Gasteiger partial charge >= 0.3 is 0 Å². The maximum absolute atomic E-state index is 14.7. The number of anilines is 1. The highest BCUT2D eigenvalue weighted by atomic mass is 16.2. The van der Waals surface area contributed by atoms with E-state index in [0.717, 1.165) is 44.1 Å². The van der Waals surface area contributed by atoms with Crippen LogP contribution < -0.4 is 4.90 Å². The molecule has 0 radical (unpaired) electrons. The van der Waals surface area contributed by atoms with E-state index in [1.807, 2.05) is 89.5 Å². The first kappa shape index (κ1) is 30.4. The van der Waals surface area contributed by atoms with Crippen molar-refractivity contribution in [2.75, 3.05) is 4.90 Å². The number of aromatic nitrogens is 3. The van der Waals surface area contributed by atoms with Crippen LogP contribution in [0.5, 0.6) is 0 Å². The van der Waals surface area contributed by atoms with Gasteiger partial charge in [-0.05, 0) is 53.1 Å². The van der Waals surface area contributed by atoms with E-state index < -0.39 is 11.8 Å². The third-order valence-corrected chi connectivity index (χ3v) is 9.62. The number of fused-ring (bicyclic) bond motifs is 4. The van der Waals surface area contributed by atoms with Crippen molar-refractivity contribution in [3.63, 3.8) is 0 Å². The van der Waals surface area contributed by atoms with Crippen LogP contribution in [0.4, 0.5) is 11.4 Å². The number of benzene rings is 5. The molecule has 0 aliphatic carbocycles. The zero-order chi connectivity index (χ0) is 35.3. The van der Waals surface area contributed by atoms with Gasteiger partial charge in [-0.2, -0.15) is 5.26 Å². The van der Waals surface area contributed by atoms with Crippen LogP contribution in [0.25, 0.3) is 65.7 Å². The molecule has 0 unspecified atom stereocenters. The summed E-state index contributed by atoms with van der Waals surface area (Å²) in [6, 6.07) is 40.0. The lowest BCUT2D eigenvalue weighted by atomic mass is 9.99. The van der Waals surface area contributed by atoms with Gasteiger partial charge in [0.1, 0.15) is 0 Å². The van der Waals surface area contributed by atoms with Crippen molar-refractivity contribution >= 4 is 45.0 Å². The maximum Gasteiger partial charge on any atom is 0.268 e. The Kier molecular flexibility index (Phi) is 7.03. The molecule has 0 spiro atoms. The Labute approximate surface area is 297 Å². The Balaban J connectivity index is 1.33. The molecule has 1 aliphatic rings. The van der Waals surface area contributed by atoms with Gasteiger partial charge in [-0.25, -0.2) is 9.74 Å². The van der Waals surface area contributed by atoms with E-state index >= 15 is 0 Å². The minimum atomic E-state index is -0.449. The molecular weight excluding hydrogens is 645 g/mol. The van der Waals surface area contributed by atoms with Crippen LogP contribution in [-0.2, 0) is 0 Å². The largest absolute Gasteiger partial charge is 0.307 e. The summed E-state index contributed by atoms with van der Waals surface area (Å²) in [4.78, 5) is 42.6. The Morgan fingerprint density at radius 2 is 1.21 bits per heavy atom. The summed E-state index contributed by atoms with van der Waals surface area (Å²) in [6.45, 7) is 7.94. The molecular formula is C44H24N6O2. The molecule has 0 atom stereocenters. The average Bonchev–Trinajstić information content (AvgIpc) is 3.69. The van der Waals surface area contributed by atoms with Gasteiger partial charge in [-0.15, -0.1) is 0 Å². The Morgan fingerprint density at radius 1 is 0.596 bits per heavy atom. The summed E-state index contributed by atoms with van der Waals surface area (Å²) >= 11 is 0. The SMILES string of the molecule is [C-]#[N+]c1ccncc1-c1cccc2c3cccc(-c4cnccc4C#N)c3n(-c3cccc4c3C(=O)N(c3ccc(-c5ccccc5)cc3)C4=O)c12. The van der Waals surface area contributed by atoms with Crippen molar-refractivity contribution < 1.29 is 9.59 Å². The van der Waals surface area contributed by atoms with E-state index in [4.69, 9.17) is 6.57 Å². The Morgan fingerprint density at radius 3 is 1.90 bits per heavy atom. The van der Waals surface area contributed by atoms with Crippen molar-refractivity contribution in [1.82, 2.24) is 14.5 Å². The second-order valence-corrected chi connectivity index (χ2v) is 12.3. The van der Waals surface area contributed by atoms with E-state index in [1.165, 1.54) is 4.90 Å². The molecule has 2 amide bonds. The molecule has 0 bridgehead atoms. The van der Waals surface area contributed by atoms with Crippen LogP contribution in [0, 0.1) is 17.9 Å². The lowest BCUT2D eigenvalue weighted by Crippen LogP contribution is -2.29. The number of para-hydroxylation sites is 2. The number of amides is 2. The maximum atomic E-state index is 14.7. The van der Waals surface area contributed by atoms with Crippen molar-refractivity contribution in [2.45, 2.75) is 0 Å². The van der Waals surface area contributed by atoms with Gasteiger partial charge in [0.05, 0.1) is 51.7 Å². The molecule has 0 saturated carbocycles. The van der Waals surface area contributed by atoms with Gasteiger partial charge in [0.15, 0.2) is 5.69 Å². The van der Waals surface area contributed by atoms with Gasteiger partial charge in [-0.1, -0.05) is 84.9 Å². The fourth-order valence-corrected chi connectivity index (χ4v) is 7.31. The summed E-state index contributed by atoms with van der Waals surface area (Å²) in [7, 11) is 0. The molecule has 0 saturated heterocycles. The molecule has 8 heteroatoms. The lowest BCUT2D eigenvalue weighted by molar-refractivity contribution is 0.0926. The number of rotatable bonds is 5. The molecule has 8 nitrogen and oxygen atoms in total. The fourth-order valence-electron chi connectivity index (χ4n) is 7.31. The number of carbonyl (C=O) groups excluding carboxylic acids is 2. The molecule has 0 fully saturated rings. The van der Waals surface area contributed by atoms with Crippen LogP contribution in [0.2, 0.25) is 0 Å². The first-order valence-electron chi connectivity index (χ1n) is 16.5. The molecule has 5 aromatic carbocycles. The van der Waals surface area contributed by atoms with Crippen molar-refractivity contribution in [3.05, 3.63) is 174 Å². The molecule has 3 aromatic heterocycles. The highest BCUT2D eigenvalue weighted by Gasteiger charge is 2.39. The number of nitrogens with zero attached hydrogens (tertiary/aromatic N) is 6. The first-order chi connectivity index (χ1) is 25.6. The third kappa shape index (κ3) is 4.53. The zero-order valence-electron chi connectivity index (χ0n) is 27.4. The minimum absolute atomic E-state index is 0.256. The smallest absolute Gasteiger partial charge is 0.268 e. The van der Waals surface area contributed by atoms with Crippen LogP contribution in [0.3, 0.4) is 0 Å². The zero-order valence-corrected chi connectivity index (χ0v) is 27.4. The Hall–Kier alpha value is -7.68. The summed E-state index contributed by atoms with van der Waals surface area (Å²) in [5, 5.41) is 11.9. The van der Waals surface area contributed by atoms with Crippen molar-refractivity contribution in [1.29, 1.82) is 5.26 Å². The predicted octanol–water partition coefficient (Wildman–Crippen LogP) is 9.80. The highest BCUT2D eigenvalue weighted by molar-refractivity contribution is 6.36. The first-order valence-corrected chi connectivity index (χ1v) is 16.5. The normalized spacial score (nSPS) is 12.2. The van der Waals surface area contributed by atoms with E-state index in [2.05, 4.69) is 20.9 Å². The molecule has 4 heterocycles. The summed E-state index contributed by atoms with van der Waals surface area (Å²) < 4.78 is 2.00. The van der Waals surface area contributed by atoms with Crippen LogP contribution >= 0.6 is 0 Å². The van der Waals surface area contributed by atoms with Crippen LogP contribution in [-0.4, -0.2) is 26.3 Å². The van der Waals surface area contributed by atoms with Gasteiger partial charge in [0.25, 0.3) is 11.8 Å². The number of hydrogen-bond donors (Lipinski definition) is 0. The van der Waals surface area contributed by atoms with Crippen LogP contribution in [0.15, 0.2) is 146 Å². The molecule has 1 aliphatic heterocycles. The third-order valence-electron chi connectivity index (χ3n) is 9.62. The van der Waals surface area contributed by atoms with Crippen molar-refractivity contribution in [3.8, 4) is 45.1 Å². The molecule has 242 valence electrons. The lowest BCUT2D eigenvalue weighted by Gasteiger charge is -2.17. The molecule has 9 rings (SSSR count). The average molecular weight is 669 g/mol. The fraction of sp³-hybridized carbons (Fsp3) is 0. The second kappa shape index (κ2) is 12.0. The molecule has 52 heavy (non-hydrogen) atoms. The molecule has 0 N–H and O–H groups in total. The number of carbonyl (C=O) groups is 2. The summed E-state index contributed by atoms with van der Waals surface area (Å²) in [5.74, 6) is -0.868. The monoisotopic (exact) mass is 668 g/mol. The number of imide groups is 1. The van der Waals surface area contributed by atoms with E-state index in [-0.39, 0.29) is 11.1 Å². The van der Waals surface area contributed by atoms with Crippen LogP contribution in [0.1, 0.15) is 26.3 Å².